The van der Waals surface area contributed by atoms with Crippen molar-refractivity contribution in [2.45, 2.75) is 63.8 Å². The molecule has 1 aromatic carbocycles. The highest BCUT2D eigenvalue weighted by molar-refractivity contribution is 5.49. The monoisotopic (exact) mass is 323 g/mol. The van der Waals surface area contributed by atoms with Gasteiger partial charge in [0, 0.05) is 27.0 Å². The first-order valence-corrected chi connectivity index (χ1v) is 8.65. The molecule has 0 saturated carbocycles. The summed E-state index contributed by atoms with van der Waals surface area (Å²) in [6.45, 7) is 2.23. The van der Waals surface area contributed by atoms with E-state index in [9.17, 15) is 0 Å². The largest absolute Gasteiger partial charge is 0.398 e. The Morgan fingerprint density at radius 3 is 2.04 bits per heavy atom. The lowest BCUT2D eigenvalue weighted by atomic mass is 9.89. The van der Waals surface area contributed by atoms with Crippen LogP contribution in [0.15, 0.2) is 24.3 Å². The van der Waals surface area contributed by atoms with Crippen molar-refractivity contribution in [3.63, 3.8) is 0 Å². The molecule has 0 aliphatic carbocycles. The molecule has 4 nitrogen and oxygen atoms in total. The maximum Gasteiger partial charge on any atom is 0.289 e. The number of para-hydroxylation sites is 1. The molecule has 0 fully saturated rings. The van der Waals surface area contributed by atoms with Crippen molar-refractivity contribution in [1.29, 1.82) is 0 Å². The second-order valence-electron chi connectivity index (χ2n) is 5.95. The lowest BCUT2D eigenvalue weighted by Crippen LogP contribution is -2.42. The third-order valence-corrected chi connectivity index (χ3v) is 4.50. The van der Waals surface area contributed by atoms with Crippen LogP contribution in [0.25, 0.3) is 0 Å². The fourth-order valence-electron chi connectivity index (χ4n) is 3.16. The topological polar surface area (TPSA) is 53.7 Å². The molecule has 0 spiro atoms. The summed E-state index contributed by atoms with van der Waals surface area (Å²) in [7, 11) is 4.83. The lowest BCUT2D eigenvalue weighted by Gasteiger charge is -2.37. The third kappa shape index (κ3) is 5.48. The second kappa shape index (κ2) is 10.6. The summed E-state index contributed by atoms with van der Waals surface area (Å²) < 4.78 is 16.8. The summed E-state index contributed by atoms with van der Waals surface area (Å²) in [5, 5.41) is 0. The quantitative estimate of drug-likeness (QED) is 0.344. The average molecular weight is 323 g/mol. The van der Waals surface area contributed by atoms with Crippen LogP contribution < -0.4 is 5.73 Å². The van der Waals surface area contributed by atoms with Gasteiger partial charge in [-0.2, -0.15) is 0 Å². The predicted molar refractivity (Wildman–Crippen MR) is 95.3 cm³/mol. The number of anilines is 1. The van der Waals surface area contributed by atoms with Crippen molar-refractivity contribution in [2.75, 3.05) is 27.1 Å². The summed E-state index contributed by atoms with van der Waals surface area (Å²) in [5.74, 6) is -1.16. The van der Waals surface area contributed by atoms with Crippen molar-refractivity contribution in [1.82, 2.24) is 0 Å². The Kier molecular flexibility index (Phi) is 9.22. The van der Waals surface area contributed by atoms with Gasteiger partial charge in [-0.1, -0.05) is 63.6 Å². The standard InChI is InChI=1S/C19H33NO3/c1-5-6-7-8-9-10-14-17(19(21-2,22-3)23-4)16-13-11-12-15-18(16)20/h11-13,15,17H,5-10,14,20H2,1-4H3. The van der Waals surface area contributed by atoms with Gasteiger partial charge in [-0.05, 0) is 18.1 Å². The zero-order chi connectivity index (χ0) is 17.1. The molecule has 0 aliphatic rings. The smallest absolute Gasteiger partial charge is 0.289 e. The molecular weight excluding hydrogens is 290 g/mol. The van der Waals surface area contributed by atoms with E-state index in [2.05, 4.69) is 6.92 Å². The molecule has 23 heavy (non-hydrogen) atoms. The lowest BCUT2D eigenvalue weighted by molar-refractivity contribution is -0.365. The van der Waals surface area contributed by atoms with Gasteiger partial charge in [0.15, 0.2) is 0 Å². The number of nitrogen functional groups attached to an aromatic ring is 1. The number of nitrogens with two attached hydrogens (primary N) is 1. The average Bonchev–Trinajstić information content (AvgIpc) is 2.58. The molecule has 1 atom stereocenters. The van der Waals surface area contributed by atoms with Crippen LogP contribution in [0, 0.1) is 0 Å². The Labute approximate surface area is 141 Å². The number of hydrogen-bond acceptors (Lipinski definition) is 4. The van der Waals surface area contributed by atoms with E-state index in [0.29, 0.717) is 0 Å². The zero-order valence-corrected chi connectivity index (χ0v) is 15.1. The first-order chi connectivity index (χ1) is 11.1. The van der Waals surface area contributed by atoms with Crippen molar-refractivity contribution in [3.05, 3.63) is 29.8 Å². The van der Waals surface area contributed by atoms with Gasteiger partial charge < -0.3 is 19.9 Å². The third-order valence-electron chi connectivity index (χ3n) is 4.50. The number of ether oxygens (including phenoxy) is 3. The van der Waals surface area contributed by atoms with E-state index >= 15 is 0 Å². The molecule has 4 heteroatoms. The molecule has 0 bridgehead atoms. The second-order valence-corrected chi connectivity index (χ2v) is 5.95. The number of benzene rings is 1. The molecule has 0 amide bonds. The molecule has 1 aromatic rings. The summed E-state index contributed by atoms with van der Waals surface area (Å²) in [6.07, 6.45) is 8.37. The highest BCUT2D eigenvalue weighted by atomic mass is 16.9. The molecule has 0 heterocycles. The molecule has 0 saturated heterocycles. The number of methoxy groups -OCH3 is 3. The van der Waals surface area contributed by atoms with Crippen LogP contribution in [0.1, 0.15) is 63.4 Å². The fourth-order valence-corrected chi connectivity index (χ4v) is 3.16. The van der Waals surface area contributed by atoms with Gasteiger partial charge in [0.2, 0.25) is 0 Å². The molecular formula is C19H33NO3. The van der Waals surface area contributed by atoms with Crippen molar-refractivity contribution in [3.8, 4) is 0 Å². The highest BCUT2D eigenvalue weighted by Gasteiger charge is 2.41. The Morgan fingerprint density at radius 1 is 0.913 bits per heavy atom. The Balaban J connectivity index is 2.83. The van der Waals surface area contributed by atoms with Crippen molar-refractivity contribution >= 4 is 5.69 Å². The summed E-state index contributed by atoms with van der Waals surface area (Å²) >= 11 is 0. The van der Waals surface area contributed by atoms with E-state index in [0.717, 1.165) is 24.1 Å². The fraction of sp³-hybridized carbons (Fsp3) is 0.684. The van der Waals surface area contributed by atoms with Gasteiger partial charge in [0.25, 0.3) is 5.97 Å². The molecule has 1 unspecified atom stereocenters. The molecule has 1 rings (SSSR count). The van der Waals surface area contributed by atoms with Crippen molar-refractivity contribution < 1.29 is 14.2 Å². The Bertz CT molecular complexity index is 424. The van der Waals surface area contributed by atoms with Gasteiger partial charge in [-0.15, -0.1) is 0 Å². The first-order valence-electron chi connectivity index (χ1n) is 8.65. The van der Waals surface area contributed by atoms with Gasteiger partial charge >= 0.3 is 0 Å². The minimum absolute atomic E-state index is 0.0603. The normalized spacial score (nSPS) is 13.2. The first kappa shape index (κ1) is 19.9. The van der Waals surface area contributed by atoms with E-state index < -0.39 is 5.97 Å². The summed E-state index contributed by atoms with van der Waals surface area (Å²) in [6, 6.07) is 7.87. The summed E-state index contributed by atoms with van der Waals surface area (Å²) in [4.78, 5) is 0. The van der Waals surface area contributed by atoms with Crippen LogP contribution in [0.3, 0.4) is 0 Å². The van der Waals surface area contributed by atoms with Gasteiger partial charge in [-0.3, -0.25) is 0 Å². The number of rotatable bonds is 12. The van der Waals surface area contributed by atoms with Crippen molar-refractivity contribution in [2.24, 2.45) is 0 Å². The molecule has 0 radical (unpaired) electrons. The van der Waals surface area contributed by atoms with E-state index in [1.165, 1.54) is 32.1 Å². The maximum atomic E-state index is 6.19. The Morgan fingerprint density at radius 2 is 1.48 bits per heavy atom. The number of unbranched alkanes of at least 4 members (excludes halogenated alkanes) is 5. The van der Waals surface area contributed by atoms with Gasteiger partial charge in [0.1, 0.15) is 0 Å². The van der Waals surface area contributed by atoms with Crippen LogP contribution in [0.5, 0.6) is 0 Å². The van der Waals surface area contributed by atoms with Gasteiger partial charge in [-0.25, -0.2) is 0 Å². The minimum Gasteiger partial charge on any atom is -0.398 e. The van der Waals surface area contributed by atoms with Gasteiger partial charge in [0.05, 0.1) is 5.92 Å². The van der Waals surface area contributed by atoms with E-state index in [4.69, 9.17) is 19.9 Å². The summed E-state index contributed by atoms with van der Waals surface area (Å²) in [5.41, 5.74) is 7.95. The predicted octanol–water partition coefficient (Wildman–Crippen LogP) is 4.70. The van der Waals surface area contributed by atoms with Crippen LogP contribution in [0.2, 0.25) is 0 Å². The molecule has 132 valence electrons. The van der Waals surface area contributed by atoms with Crippen LogP contribution in [-0.2, 0) is 14.2 Å². The number of hydrogen-bond donors (Lipinski definition) is 1. The highest BCUT2D eigenvalue weighted by Crippen LogP contribution is 2.39. The maximum absolute atomic E-state index is 6.19. The van der Waals surface area contributed by atoms with Crippen LogP contribution >= 0.6 is 0 Å². The van der Waals surface area contributed by atoms with Crippen LogP contribution in [-0.4, -0.2) is 27.3 Å². The molecule has 0 aromatic heterocycles. The zero-order valence-electron chi connectivity index (χ0n) is 15.1. The van der Waals surface area contributed by atoms with E-state index in [1.54, 1.807) is 21.3 Å². The molecule has 0 aliphatic heterocycles. The minimum atomic E-state index is -1.10. The Hall–Kier alpha value is -1.10. The van der Waals surface area contributed by atoms with E-state index in [1.807, 2.05) is 24.3 Å². The molecule has 2 N–H and O–H groups in total. The van der Waals surface area contributed by atoms with Crippen LogP contribution in [0.4, 0.5) is 5.69 Å². The van der Waals surface area contributed by atoms with E-state index in [-0.39, 0.29) is 5.92 Å². The SMILES string of the molecule is CCCCCCCCC(c1ccccc1N)C(OC)(OC)OC.